The van der Waals surface area contributed by atoms with E-state index in [4.69, 9.17) is 20.9 Å². The Hall–Kier alpha value is -2.86. The molecule has 29 heavy (non-hydrogen) atoms. The Morgan fingerprint density at radius 2 is 2.00 bits per heavy atom. The maximum Gasteiger partial charge on any atom is 0.253 e. The number of piperidine rings is 1. The predicted octanol–water partition coefficient (Wildman–Crippen LogP) is 4.49. The first-order valence-electron chi connectivity index (χ1n) is 9.64. The zero-order valence-electron chi connectivity index (χ0n) is 16.2. The number of ether oxygens (including phenoxy) is 1. The van der Waals surface area contributed by atoms with Crippen LogP contribution in [0, 0.1) is 5.92 Å². The van der Waals surface area contributed by atoms with E-state index in [1.165, 1.54) is 0 Å². The van der Waals surface area contributed by atoms with Gasteiger partial charge in [0, 0.05) is 35.7 Å². The fraction of sp³-hybridized carbons (Fsp3) is 0.318. The third-order valence-corrected chi connectivity index (χ3v) is 5.47. The van der Waals surface area contributed by atoms with Crippen molar-refractivity contribution in [3.05, 3.63) is 65.0 Å². The largest absolute Gasteiger partial charge is 0.497 e. The molecular formula is C22H22ClN3O3. The smallest absolute Gasteiger partial charge is 0.253 e. The highest BCUT2D eigenvalue weighted by molar-refractivity contribution is 6.30. The number of halogens is 1. The van der Waals surface area contributed by atoms with Crippen molar-refractivity contribution in [2.75, 3.05) is 20.2 Å². The molecule has 0 saturated carbocycles. The van der Waals surface area contributed by atoms with Crippen LogP contribution in [0.15, 0.2) is 53.1 Å². The Morgan fingerprint density at radius 3 is 2.76 bits per heavy atom. The van der Waals surface area contributed by atoms with Crippen molar-refractivity contribution in [3.63, 3.8) is 0 Å². The third-order valence-electron chi connectivity index (χ3n) is 5.23. The second-order valence-electron chi connectivity index (χ2n) is 7.19. The molecule has 2 aromatic carbocycles. The van der Waals surface area contributed by atoms with Crippen molar-refractivity contribution in [3.8, 4) is 17.1 Å². The molecule has 1 aromatic heterocycles. The van der Waals surface area contributed by atoms with Crippen LogP contribution in [-0.2, 0) is 6.42 Å². The number of hydrogen-bond acceptors (Lipinski definition) is 5. The van der Waals surface area contributed by atoms with Gasteiger partial charge in [-0.2, -0.15) is 4.98 Å². The van der Waals surface area contributed by atoms with Crippen LogP contribution in [0.1, 0.15) is 29.1 Å². The van der Waals surface area contributed by atoms with Gasteiger partial charge in [-0.1, -0.05) is 35.0 Å². The average Bonchev–Trinajstić information content (AvgIpc) is 3.22. The van der Waals surface area contributed by atoms with Gasteiger partial charge in [0.1, 0.15) is 5.75 Å². The fourth-order valence-corrected chi connectivity index (χ4v) is 3.80. The zero-order valence-corrected chi connectivity index (χ0v) is 16.9. The number of nitrogens with zero attached hydrogens (tertiary/aromatic N) is 3. The molecule has 1 saturated heterocycles. The molecule has 2 heterocycles. The second kappa shape index (κ2) is 8.66. The highest BCUT2D eigenvalue weighted by Gasteiger charge is 2.25. The van der Waals surface area contributed by atoms with Gasteiger partial charge < -0.3 is 14.2 Å². The Kier molecular flexibility index (Phi) is 5.81. The summed E-state index contributed by atoms with van der Waals surface area (Å²) < 4.78 is 10.7. The molecule has 4 rings (SSSR count). The molecule has 0 N–H and O–H groups in total. The second-order valence-corrected chi connectivity index (χ2v) is 7.63. The van der Waals surface area contributed by atoms with E-state index < -0.39 is 0 Å². The molecule has 6 nitrogen and oxygen atoms in total. The summed E-state index contributed by atoms with van der Waals surface area (Å²) in [7, 11) is 1.63. The van der Waals surface area contributed by atoms with E-state index in [0.29, 0.717) is 41.3 Å². The fourth-order valence-electron chi connectivity index (χ4n) is 3.61. The molecular weight excluding hydrogens is 390 g/mol. The van der Waals surface area contributed by atoms with Crippen molar-refractivity contribution < 1.29 is 14.1 Å². The maximum absolute atomic E-state index is 12.6. The zero-order chi connectivity index (χ0) is 20.2. The van der Waals surface area contributed by atoms with Crippen molar-refractivity contribution in [1.82, 2.24) is 15.0 Å². The minimum atomic E-state index is 0.0315. The van der Waals surface area contributed by atoms with E-state index >= 15 is 0 Å². The van der Waals surface area contributed by atoms with E-state index in [1.54, 1.807) is 31.4 Å². The van der Waals surface area contributed by atoms with Crippen LogP contribution in [0.4, 0.5) is 0 Å². The number of methoxy groups -OCH3 is 1. The number of rotatable bonds is 5. The summed E-state index contributed by atoms with van der Waals surface area (Å²) in [5.74, 6) is 2.39. The molecule has 0 radical (unpaired) electrons. The van der Waals surface area contributed by atoms with Crippen molar-refractivity contribution >= 4 is 17.5 Å². The first-order chi connectivity index (χ1) is 14.1. The number of carbonyl (C=O) groups is 1. The van der Waals surface area contributed by atoms with Gasteiger partial charge in [-0.15, -0.1) is 0 Å². The highest BCUT2D eigenvalue weighted by Crippen LogP contribution is 2.25. The Balaban J connectivity index is 1.34. The van der Waals surface area contributed by atoms with Gasteiger partial charge in [-0.25, -0.2) is 0 Å². The molecule has 3 aromatic rings. The normalized spacial score (nSPS) is 14.8. The summed E-state index contributed by atoms with van der Waals surface area (Å²) in [5.41, 5.74) is 1.50. The van der Waals surface area contributed by atoms with Crippen LogP contribution in [0.25, 0.3) is 11.4 Å². The van der Waals surface area contributed by atoms with Gasteiger partial charge in [0.05, 0.1) is 7.11 Å². The van der Waals surface area contributed by atoms with Crippen molar-refractivity contribution in [2.45, 2.75) is 19.3 Å². The summed E-state index contributed by atoms with van der Waals surface area (Å²) in [6.07, 6.45) is 2.53. The lowest BCUT2D eigenvalue weighted by molar-refractivity contribution is 0.0687. The van der Waals surface area contributed by atoms with Gasteiger partial charge in [-0.05, 0) is 49.1 Å². The molecule has 1 aliphatic rings. The van der Waals surface area contributed by atoms with Crippen LogP contribution >= 0.6 is 11.6 Å². The standard InChI is InChI=1S/C22H22ClN3O3/c1-28-19-7-3-4-16(14-19)21-24-20(29-25-21)12-15-8-10-26(11-9-15)22(27)17-5-2-6-18(23)13-17/h2-7,13-15H,8-12H2,1H3. The van der Waals surface area contributed by atoms with Crippen LogP contribution in [0.2, 0.25) is 5.02 Å². The first kappa shape index (κ1) is 19.5. The number of aromatic nitrogens is 2. The Labute approximate surface area is 174 Å². The van der Waals surface area contributed by atoms with Gasteiger partial charge in [0.2, 0.25) is 11.7 Å². The molecule has 0 spiro atoms. The lowest BCUT2D eigenvalue weighted by Crippen LogP contribution is -2.38. The summed E-state index contributed by atoms with van der Waals surface area (Å²) in [4.78, 5) is 19.1. The lowest BCUT2D eigenvalue weighted by atomic mass is 9.93. The molecule has 1 amide bonds. The van der Waals surface area contributed by atoms with Crippen molar-refractivity contribution in [1.29, 1.82) is 0 Å². The molecule has 0 aliphatic carbocycles. The number of carbonyl (C=O) groups excluding carboxylic acids is 1. The highest BCUT2D eigenvalue weighted by atomic mass is 35.5. The van der Waals surface area contributed by atoms with Crippen LogP contribution < -0.4 is 4.74 Å². The number of amides is 1. The monoisotopic (exact) mass is 411 g/mol. The van der Waals surface area contributed by atoms with E-state index in [-0.39, 0.29) is 5.91 Å². The Morgan fingerprint density at radius 1 is 1.21 bits per heavy atom. The SMILES string of the molecule is COc1cccc(-c2noc(CC3CCN(C(=O)c4cccc(Cl)c4)CC3)n2)c1. The summed E-state index contributed by atoms with van der Waals surface area (Å²) >= 11 is 6.00. The predicted molar refractivity (Wildman–Crippen MR) is 110 cm³/mol. The molecule has 0 unspecified atom stereocenters. The summed E-state index contributed by atoms with van der Waals surface area (Å²) in [6, 6.07) is 14.7. The van der Waals surface area contributed by atoms with E-state index in [0.717, 1.165) is 30.6 Å². The van der Waals surface area contributed by atoms with E-state index in [2.05, 4.69) is 10.1 Å². The third kappa shape index (κ3) is 4.59. The van der Waals surface area contributed by atoms with Crippen LogP contribution in [0.5, 0.6) is 5.75 Å². The quantitative estimate of drug-likeness (QED) is 0.618. The molecule has 0 atom stereocenters. The average molecular weight is 412 g/mol. The topological polar surface area (TPSA) is 68.5 Å². The van der Waals surface area contributed by atoms with Gasteiger partial charge in [0.15, 0.2) is 0 Å². The maximum atomic E-state index is 12.6. The Bertz CT molecular complexity index is 996. The van der Waals surface area contributed by atoms with E-state index in [9.17, 15) is 4.79 Å². The minimum Gasteiger partial charge on any atom is -0.497 e. The number of likely N-dealkylation sites (tertiary alicyclic amines) is 1. The molecule has 1 fully saturated rings. The molecule has 0 bridgehead atoms. The van der Waals surface area contributed by atoms with Gasteiger partial charge in [0.25, 0.3) is 5.91 Å². The summed E-state index contributed by atoms with van der Waals surface area (Å²) in [6.45, 7) is 1.43. The van der Waals surface area contributed by atoms with Crippen LogP contribution in [0.3, 0.4) is 0 Å². The lowest BCUT2D eigenvalue weighted by Gasteiger charge is -2.31. The number of hydrogen-bond donors (Lipinski definition) is 0. The van der Waals surface area contributed by atoms with E-state index in [1.807, 2.05) is 29.2 Å². The molecule has 7 heteroatoms. The minimum absolute atomic E-state index is 0.0315. The summed E-state index contributed by atoms with van der Waals surface area (Å²) in [5, 5.41) is 4.68. The first-order valence-corrected chi connectivity index (χ1v) is 10.0. The van der Waals surface area contributed by atoms with Gasteiger partial charge in [-0.3, -0.25) is 4.79 Å². The van der Waals surface area contributed by atoms with Crippen LogP contribution in [-0.4, -0.2) is 41.1 Å². The molecule has 150 valence electrons. The van der Waals surface area contributed by atoms with Crippen molar-refractivity contribution in [2.24, 2.45) is 5.92 Å². The molecule has 1 aliphatic heterocycles. The van der Waals surface area contributed by atoms with Gasteiger partial charge >= 0.3 is 0 Å². The number of benzene rings is 2.